The highest BCUT2D eigenvalue weighted by Gasteiger charge is 2.21. The van der Waals surface area contributed by atoms with Gasteiger partial charge in [-0.15, -0.1) is 0 Å². The van der Waals surface area contributed by atoms with Crippen molar-refractivity contribution in [1.29, 1.82) is 0 Å². The van der Waals surface area contributed by atoms with Crippen LogP contribution in [0.1, 0.15) is 103 Å². The van der Waals surface area contributed by atoms with Gasteiger partial charge in [0.25, 0.3) is 0 Å². The molecule has 0 radical (unpaired) electrons. The third kappa shape index (κ3) is 20.6. The number of unbranched alkanes of at least 4 members (excludes halogenated alkanes) is 9. The monoisotopic (exact) mass is 996 g/mol. The van der Waals surface area contributed by atoms with Crippen LogP contribution in [0.15, 0.2) is 146 Å². The predicted molar refractivity (Wildman–Crippen MR) is 280 cm³/mol. The fourth-order valence-corrected chi connectivity index (χ4v) is 7.03. The first-order valence-electron chi connectivity index (χ1n) is 24.5. The van der Waals surface area contributed by atoms with Crippen molar-refractivity contribution in [2.45, 2.75) is 77.0 Å². The highest BCUT2D eigenvalue weighted by molar-refractivity contribution is 5.96. The molecule has 5 aromatic carbocycles. The van der Waals surface area contributed by atoms with E-state index in [0.29, 0.717) is 56.5 Å². The first-order chi connectivity index (χ1) is 35.6. The van der Waals surface area contributed by atoms with E-state index in [4.69, 9.17) is 37.9 Å². The summed E-state index contributed by atoms with van der Waals surface area (Å²) in [6.07, 6.45) is 14.3. The second-order valence-electron chi connectivity index (χ2n) is 16.5. The highest BCUT2D eigenvalue weighted by Crippen LogP contribution is 2.37. The van der Waals surface area contributed by atoms with E-state index in [2.05, 4.69) is 30.3 Å². The molecule has 0 bridgehead atoms. The van der Waals surface area contributed by atoms with Crippen LogP contribution in [0.3, 0.4) is 0 Å². The first-order valence-corrected chi connectivity index (χ1v) is 24.5. The minimum absolute atomic E-state index is 0.0439. The molecule has 0 atom stereocenters. The topological polar surface area (TPSA) is 184 Å². The van der Waals surface area contributed by atoms with Crippen LogP contribution >= 0.6 is 0 Å². The quantitative estimate of drug-likeness (QED) is 0.00781. The van der Waals surface area contributed by atoms with E-state index < -0.39 is 29.8 Å². The largest absolute Gasteiger partial charge is 0.494 e. The number of carbonyl (C=O) groups excluding carboxylic acids is 5. The highest BCUT2D eigenvalue weighted by atomic mass is 16.6. The van der Waals surface area contributed by atoms with E-state index in [-0.39, 0.29) is 47.2 Å². The molecule has 0 aliphatic carbocycles. The van der Waals surface area contributed by atoms with Crippen molar-refractivity contribution in [3.8, 4) is 28.7 Å². The summed E-state index contributed by atoms with van der Waals surface area (Å²) in [5, 5.41) is 6.57. The van der Waals surface area contributed by atoms with Crippen molar-refractivity contribution in [3.05, 3.63) is 158 Å². The molecular formula is C58H64N2O13. The normalized spacial score (nSPS) is 10.7. The molecule has 0 spiro atoms. The summed E-state index contributed by atoms with van der Waals surface area (Å²) >= 11 is 0. The molecule has 0 aliphatic rings. The van der Waals surface area contributed by atoms with Crippen LogP contribution in [0.4, 0.5) is 5.69 Å². The molecule has 0 aliphatic heterocycles. The lowest BCUT2D eigenvalue weighted by Crippen LogP contribution is -2.13. The van der Waals surface area contributed by atoms with Crippen molar-refractivity contribution in [1.82, 2.24) is 0 Å². The molecule has 15 nitrogen and oxygen atoms in total. The fraction of sp³-hybridized carbons (Fsp3) is 0.310. The number of hydrogen-bond donors (Lipinski definition) is 1. The van der Waals surface area contributed by atoms with E-state index >= 15 is 0 Å². The lowest BCUT2D eigenvalue weighted by atomic mass is 10.1. The number of rotatable bonds is 34. The summed E-state index contributed by atoms with van der Waals surface area (Å²) in [6, 6.07) is 30.0. The average molecular weight is 997 g/mol. The number of hydrazone groups is 1. The smallest absolute Gasteiger partial charge is 0.343 e. The van der Waals surface area contributed by atoms with Gasteiger partial charge in [-0.1, -0.05) is 50.1 Å². The van der Waals surface area contributed by atoms with Gasteiger partial charge in [0.1, 0.15) is 17.2 Å². The summed E-state index contributed by atoms with van der Waals surface area (Å²) in [5.41, 5.74) is 4.54. The molecule has 1 N–H and O–H groups in total. The Morgan fingerprint density at radius 3 is 1.40 bits per heavy atom. The van der Waals surface area contributed by atoms with Gasteiger partial charge in [-0.2, -0.15) is 5.10 Å². The average Bonchev–Trinajstić information content (AvgIpc) is 3.41. The molecule has 0 saturated carbocycles. The van der Waals surface area contributed by atoms with Crippen molar-refractivity contribution in [2.75, 3.05) is 45.1 Å². The number of carbonyl (C=O) groups is 5. The van der Waals surface area contributed by atoms with E-state index in [1.807, 2.05) is 42.5 Å². The number of anilines is 1. The molecule has 0 fully saturated rings. The van der Waals surface area contributed by atoms with E-state index in [1.165, 1.54) is 18.3 Å². The Bertz CT molecular complexity index is 2630. The maximum absolute atomic E-state index is 13.9. The van der Waals surface area contributed by atoms with E-state index in [0.717, 1.165) is 93.2 Å². The van der Waals surface area contributed by atoms with Crippen molar-refractivity contribution in [3.63, 3.8) is 0 Å². The Balaban J connectivity index is 1.31. The Labute approximate surface area is 426 Å². The van der Waals surface area contributed by atoms with Gasteiger partial charge in [-0.25, -0.2) is 24.0 Å². The van der Waals surface area contributed by atoms with Crippen LogP contribution in [0.2, 0.25) is 0 Å². The Kier molecular flexibility index (Phi) is 24.4. The molecule has 0 saturated heterocycles. The Morgan fingerprint density at radius 1 is 0.452 bits per heavy atom. The third-order valence-electron chi connectivity index (χ3n) is 10.9. The summed E-state index contributed by atoms with van der Waals surface area (Å²) < 4.78 is 45.3. The predicted octanol–water partition coefficient (Wildman–Crippen LogP) is 11.7. The van der Waals surface area contributed by atoms with Gasteiger partial charge >= 0.3 is 29.8 Å². The molecule has 384 valence electrons. The molecule has 0 unspecified atom stereocenters. The molecule has 73 heavy (non-hydrogen) atoms. The zero-order chi connectivity index (χ0) is 51.9. The lowest BCUT2D eigenvalue weighted by molar-refractivity contribution is -0.138. The zero-order valence-electron chi connectivity index (χ0n) is 41.2. The van der Waals surface area contributed by atoms with Gasteiger partial charge in [0, 0.05) is 29.9 Å². The molecule has 0 aromatic heterocycles. The molecule has 5 aromatic rings. The van der Waals surface area contributed by atoms with E-state index in [9.17, 15) is 24.0 Å². The Hall–Kier alpha value is -8.20. The third-order valence-corrected chi connectivity index (χ3v) is 10.9. The zero-order valence-corrected chi connectivity index (χ0v) is 41.2. The first kappa shape index (κ1) is 55.7. The summed E-state index contributed by atoms with van der Waals surface area (Å²) in [6.45, 7) is 12.3. The van der Waals surface area contributed by atoms with Crippen LogP contribution in [-0.4, -0.2) is 75.7 Å². The molecule has 0 heterocycles. The number of fused-ring (bicyclic) bond motifs is 1. The minimum Gasteiger partial charge on any atom is -0.494 e. The van der Waals surface area contributed by atoms with Crippen molar-refractivity contribution >= 4 is 52.5 Å². The fourth-order valence-electron chi connectivity index (χ4n) is 7.03. The molecule has 15 heteroatoms. The summed E-state index contributed by atoms with van der Waals surface area (Å²) in [4.78, 5) is 61.4. The van der Waals surface area contributed by atoms with Crippen LogP contribution in [0.5, 0.6) is 28.7 Å². The molecule has 5 rings (SSSR count). The van der Waals surface area contributed by atoms with E-state index in [1.54, 1.807) is 48.5 Å². The molecular weight excluding hydrogens is 933 g/mol. The van der Waals surface area contributed by atoms with Gasteiger partial charge in [0.05, 0.1) is 62.7 Å². The van der Waals surface area contributed by atoms with Crippen LogP contribution < -0.4 is 29.1 Å². The SMILES string of the molecule is C=CC(=O)OCCCCCCOc1ccc(C(=O)Oc2cc(/C=N/Nc3ccc4ccccc4c3)c(OC(=O)c3ccc(OCCCCCCOC(=O)C=C)cc3)c(OCCCCCCOC(=O)C=C)c2)cc1. The number of benzene rings is 5. The number of hydrogen-bond acceptors (Lipinski definition) is 15. The number of ether oxygens (including phenoxy) is 8. The standard InChI is InChI=1S/C58H64N2O13/c1-4-53(61)69-36-18-10-7-15-33-66-49-29-24-44(25-30-49)57(64)72-51-40-47(42-59-60-48-28-23-43-21-13-14-22-46(43)39-48)56(52(41-51)68-35-17-9-12-20-38-71-55(63)6-3)73-58(65)45-26-31-50(32-27-45)67-34-16-8-11-19-37-70-54(62)5-2/h4-6,13-14,21-32,39-42,60H,1-3,7-12,15-20,33-38H2/b59-42+. The summed E-state index contributed by atoms with van der Waals surface area (Å²) in [7, 11) is 0. The van der Waals surface area contributed by atoms with Gasteiger partial charge in [0.15, 0.2) is 11.5 Å². The maximum Gasteiger partial charge on any atom is 0.343 e. The van der Waals surface area contributed by atoms with Crippen molar-refractivity contribution in [2.24, 2.45) is 5.10 Å². The number of nitrogens with one attached hydrogen (secondary N) is 1. The second kappa shape index (κ2) is 31.9. The lowest BCUT2D eigenvalue weighted by Gasteiger charge is -2.16. The van der Waals surface area contributed by atoms with Gasteiger partial charge in [-0.3, -0.25) is 5.43 Å². The van der Waals surface area contributed by atoms with Crippen LogP contribution in [-0.2, 0) is 28.6 Å². The van der Waals surface area contributed by atoms with Crippen LogP contribution in [0, 0.1) is 0 Å². The minimum atomic E-state index is -0.682. The maximum atomic E-state index is 13.9. The summed E-state index contributed by atoms with van der Waals surface area (Å²) in [5.74, 6) is -1.22. The Morgan fingerprint density at radius 2 is 0.904 bits per heavy atom. The van der Waals surface area contributed by atoms with Gasteiger partial charge < -0.3 is 37.9 Å². The van der Waals surface area contributed by atoms with Gasteiger partial charge in [0.2, 0.25) is 0 Å². The van der Waals surface area contributed by atoms with Crippen molar-refractivity contribution < 1.29 is 61.9 Å². The number of esters is 5. The van der Waals surface area contributed by atoms with Crippen LogP contribution in [0.25, 0.3) is 10.8 Å². The van der Waals surface area contributed by atoms with Gasteiger partial charge in [-0.05, 0) is 155 Å². The molecule has 0 amide bonds. The second-order valence-corrected chi connectivity index (χ2v) is 16.5. The number of nitrogens with zero attached hydrogens (tertiary/aromatic N) is 1.